The fourth-order valence-electron chi connectivity index (χ4n) is 1.84. The number of carbonyl (C=O) groups excluding carboxylic acids is 1. The molecule has 0 atom stereocenters. The summed E-state index contributed by atoms with van der Waals surface area (Å²) >= 11 is 1.71. The molecule has 2 aromatic heterocycles. The SMILES string of the molecule is CCCNc1cncc(C(=O)N(C)CCc2cccs2)n1. The summed E-state index contributed by atoms with van der Waals surface area (Å²) in [7, 11) is 1.80. The third-order valence-corrected chi connectivity index (χ3v) is 3.97. The molecule has 0 aliphatic rings. The predicted molar refractivity (Wildman–Crippen MR) is 85.8 cm³/mol. The van der Waals surface area contributed by atoms with Gasteiger partial charge in [0.2, 0.25) is 0 Å². The number of nitrogens with zero attached hydrogens (tertiary/aromatic N) is 3. The Morgan fingerprint density at radius 3 is 3.00 bits per heavy atom. The number of hydrogen-bond acceptors (Lipinski definition) is 5. The molecule has 0 fully saturated rings. The van der Waals surface area contributed by atoms with Crippen molar-refractivity contribution in [2.24, 2.45) is 0 Å². The van der Waals surface area contributed by atoms with Crippen molar-refractivity contribution < 1.29 is 4.79 Å². The van der Waals surface area contributed by atoms with Crippen molar-refractivity contribution in [1.29, 1.82) is 0 Å². The molecule has 6 heteroatoms. The van der Waals surface area contributed by atoms with Crippen LogP contribution in [0.25, 0.3) is 0 Å². The summed E-state index contributed by atoms with van der Waals surface area (Å²) in [6.45, 7) is 3.57. The molecule has 21 heavy (non-hydrogen) atoms. The predicted octanol–water partition coefficient (Wildman–Crippen LogP) is 2.67. The van der Waals surface area contributed by atoms with Crippen LogP contribution in [0.15, 0.2) is 29.9 Å². The van der Waals surface area contributed by atoms with Crippen LogP contribution in [-0.4, -0.2) is 40.9 Å². The normalized spacial score (nSPS) is 10.4. The molecule has 2 aromatic rings. The molecule has 0 saturated carbocycles. The van der Waals surface area contributed by atoms with E-state index in [0.717, 1.165) is 19.4 Å². The molecule has 0 aromatic carbocycles. The van der Waals surface area contributed by atoms with Crippen molar-refractivity contribution >= 4 is 23.1 Å². The maximum Gasteiger partial charge on any atom is 0.273 e. The topological polar surface area (TPSA) is 58.1 Å². The minimum Gasteiger partial charge on any atom is -0.369 e. The van der Waals surface area contributed by atoms with E-state index in [1.165, 1.54) is 11.1 Å². The quantitative estimate of drug-likeness (QED) is 0.854. The van der Waals surface area contributed by atoms with Gasteiger partial charge in [-0.3, -0.25) is 9.78 Å². The molecule has 0 spiro atoms. The number of amides is 1. The number of rotatable bonds is 7. The van der Waals surface area contributed by atoms with Gasteiger partial charge in [0.05, 0.1) is 12.4 Å². The van der Waals surface area contributed by atoms with E-state index in [1.54, 1.807) is 29.5 Å². The highest BCUT2D eigenvalue weighted by atomic mass is 32.1. The Bertz CT molecular complexity index is 571. The number of nitrogens with one attached hydrogen (secondary N) is 1. The van der Waals surface area contributed by atoms with E-state index in [0.29, 0.717) is 18.1 Å². The molecule has 0 aliphatic carbocycles. The standard InChI is InChI=1S/C15H20N4OS/c1-3-7-17-14-11-16-10-13(18-14)15(20)19(2)8-6-12-5-4-9-21-12/h4-5,9-11H,3,6-8H2,1-2H3,(H,17,18). The van der Waals surface area contributed by atoms with E-state index in [-0.39, 0.29) is 5.91 Å². The van der Waals surface area contributed by atoms with Crippen LogP contribution in [0, 0.1) is 0 Å². The van der Waals surface area contributed by atoms with Crippen LogP contribution in [-0.2, 0) is 6.42 Å². The first-order chi connectivity index (χ1) is 10.2. The van der Waals surface area contributed by atoms with Gasteiger partial charge in [0.1, 0.15) is 11.5 Å². The van der Waals surface area contributed by atoms with Crippen molar-refractivity contribution in [2.45, 2.75) is 19.8 Å². The third-order valence-electron chi connectivity index (χ3n) is 3.03. The second kappa shape index (κ2) is 7.73. The van der Waals surface area contributed by atoms with Crippen LogP contribution in [0.4, 0.5) is 5.82 Å². The number of aromatic nitrogens is 2. The maximum atomic E-state index is 12.3. The van der Waals surface area contributed by atoms with Crippen LogP contribution in [0.3, 0.4) is 0 Å². The van der Waals surface area contributed by atoms with Gasteiger partial charge in [0.15, 0.2) is 0 Å². The summed E-state index contributed by atoms with van der Waals surface area (Å²) in [6.07, 6.45) is 5.01. The van der Waals surface area contributed by atoms with Crippen LogP contribution < -0.4 is 5.32 Å². The Balaban J connectivity index is 1.94. The molecular formula is C15H20N4OS. The summed E-state index contributed by atoms with van der Waals surface area (Å²) in [4.78, 5) is 23.7. The lowest BCUT2D eigenvalue weighted by Crippen LogP contribution is -2.29. The highest BCUT2D eigenvalue weighted by Crippen LogP contribution is 2.10. The van der Waals surface area contributed by atoms with Gasteiger partial charge in [-0.2, -0.15) is 0 Å². The summed E-state index contributed by atoms with van der Waals surface area (Å²) in [5, 5.41) is 5.19. The van der Waals surface area contributed by atoms with E-state index >= 15 is 0 Å². The van der Waals surface area contributed by atoms with Crippen LogP contribution in [0.5, 0.6) is 0 Å². The minimum atomic E-state index is -0.0980. The van der Waals surface area contributed by atoms with E-state index in [2.05, 4.69) is 28.3 Å². The van der Waals surface area contributed by atoms with Gasteiger partial charge < -0.3 is 10.2 Å². The average Bonchev–Trinajstić information content (AvgIpc) is 3.03. The minimum absolute atomic E-state index is 0.0980. The fourth-order valence-corrected chi connectivity index (χ4v) is 2.54. The van der Waals surface area contributed by atoms with Gasteiger partial charge >= 0.3 is 0 Å². The number of carbonyl (C=O) groups is 1. The summed E-state index contributed by atoms with van der Waals surface area (Å²) in [5.74, 6) is 0.550. The van der Waals surface area contributed by atoms with Crippen molar-refractivity contribution in [3.63, 3.8) is 0 Å². The molecule has 0 saturated heterocycles. The molecular weight excluding hydrogens is 284 g/mol. The molecule has 1 amide bonds. The second-order valence-corrected chi connectivity index (χ2v) is 5.80. The summed E-state index contributed by atoms with van der Waals surface area (Å²) in [5.41, 5.74) is 0.379. The Hall–Kier alpha value is -1.95. The van der Waals surface area contributed by atoms with Crippen molar-refractivity contribution in [2.75, 3.05) is 25.5 Å². The smallest absolute Gasteiger partial charge is 0.273 e. The monoisotopic (exact) mass is 304 g/mol. The van der Waals surface area contributed by atoms with E-state index in [1.807, 2.05) is 11.4 Å². The van der Waals surface area contributed by atoms with Crippen LogP contribution >= 0.6 is 11.3 Å². The fraction of sp³-hybridized carbons (Fsp3) is 0.400. The molecule has 1 N–H and O–H groups in total. The third kappa shape index (κ3) is 4.53. The van der Waals surface area contributed by atoms with Crippen molar-refractivity contribution in [3.8, 4) is 0 Å². The molecule has 5 nitrogen and oxygen atoms in total. The Morgan fingerprint density at radius 2 is 2.29 bits per heavy atom. The van der Waals surface area contributed by atoms with Gasteiger partial charge in [-0.25, -0.2) is 4.98 Å². The Kier molecular flexibility index (Phi) is 5.68. The average molecular weight is 304 g/mol. The summed E-state index contributed by atoms with van der Waals surface area (Å²) < 4.78 is 0. The van der Waals surface area contributed by atoms with E-state index < -0.39 is 0 Å². The number of thiophene rings is 1. The molecule has 0 aliphatic heterocycles. The maximum absolute atomic E-state index is 12.3. The van der Waals surface area contributed by atoms with Crippen LogP contribution in [0.2, 0.25) is 0 Å². The van der Waals surface area contributed by atoms with Crippen molar-refractivity contribution in [3.05, 3.63) is 40.5 Å². The highest BCUT2D eigenvalue weighted by Gasteiger charge is 2.14. The molecule has 0 unspecified atom stereocenters. The largest absolute Gasteiger partial charge is 0.369 e. The molecule has 0 radical (unpaired) electrons. The van der Waals surface area contributed by atoms with E-state index in [9.17, 15) is 4.79 Å². The molecule has 0 bridgehead atoms. The van der Waals surface area contributed by atoms with Gasteiger partial charge in [0, 0.05) is 25.0 Å². The van der Waals surface area contributed by atoms with E-state index in [4.69, 9.17) is 0 Å². The lowest BCUT2D eigenvalue weighted by Gasteiger charge is -2.16. The first-order valence-corrected chi connectivity index (χ1v) is 7.92. The molecule has 112 valence electrons. The molecule has 2 heterocycles. The second-order valence-electron chi connectivity index (χ2n) is 4.77. The zero-order valence-corrected chi connectivity index (χ0v) is 13.2. The van der Waals surface area contributed by atoms with Crippen molar-refractivity contribution in [1.82, 2.24) is 14.9 Å². The van der Waals surface area contributed by atoms with Gasteiger partial charge in [-0.05, 0) is 24.3 Å². The van der Waals surface area contributed by atoms with Gasteiger partial charge in [-0.1, -0.05) is 13.0 Å². The number of anilines is 1. The first-order valence-electron chi connectivity index (χ1n) is 7.04. The summed E-state index contributed by atoms with van der Waals surface area (Å²) in [6, 6.07) is 4.11. The lowest BCUT2D eigenvalue weighted by atomic mass is 10.3. The lowest BCUT2D eigenvalue weighted by molar-refractivity contribution is 0.0791. The zero-order chi connectivity index (χ0) is 15.1. The van der Waals surface area contributed by atoms with Crippen LogP contribution in [0.1, 0.15) is 28.7 Å². The van der Waals surface area contributed by atoms with Gasteiger partial charge in [0.25, 0.3) is 5.91 Å². The zero-order valence-electron chi connectivity index (χ0n) is 12.4. The number of hydrogen-bond donors (Lipinski definition) is 1. The Morgan fingerprint density at radius 1 is 1.43 bits per heavy atom. The highest BCUT2D eigenvalue weighted by molar-refractivity contribution is 7.09. The molecule has 2 rings (SSSR count). The number of likely N-dealkylation sites (N-methyl/N-ethyl adjacent to an activating group) is 1. The Labute approximate surface area is 129 Å². The van der Waals surface area contributed by atoms with Gasteiger partial charge in [-0.15, -0.1) is 11.3 Å². The first kappa shape index (κ1) is 15.4.